The molecule has 2 rings (SSSR count). The van der Waals surface area contributed by atoms with Gasteiger partial charge in [0.2, 0.25) is 5.91 Å². The highest BCUT2D eigenvalue weighted by Crippen LogP contribution is 2.24. The Balaban J connectivity index is 1.89. The lowest BCUT2D eigenvalue weighted by molar-refractivity contribution is -0.134. The van der Waals surface area contributed by atoms with Gasteiger partial charge < -0.3 is 10.6 Å². The fraction of sp³-hybridized carbons (Fsp3) is 0.769. The van der Waals surface area contributed by atoms with E-state index in [0.717, 1.165) is 37.6 Å². The minimum Gasteiger partial charge on any atom is -0.342 e. The summed E-state index contributed by atoms with van der Waals surface area (Å²) in [6.45, 7) is 1.85. The summed E-state index contributed by atoms with van der Waals surface area (Å²) in [7, 11) is 0. The summed E-state index contributed by atoms with van der Waals surface area (Å²) >= 11 is 1.93. The summed E-state index contributed by atoms with van der Waals surface area (Å²) in [5, 5.41) is 0.731. The maximum Gasteiger partial charge on any atom is 0.229 e. The van der Waals surface area contributed by atoms with Crippen LogP contribution in [-0.2, 0) is 4.79 Å². The summed E-state index contributed by atoms with van der Waals surface area (Å²) in [4.78, 5) is 14.4. The van der Waals surface area contributed by atoms with E-state index in [1.807, 2.05) is 28.8 Å². The summed E-state index contributed by atoms with van der Waals surface area (Å²) in [5.41, 5.74) is 5.81. The van der Waals surface area contributed by atoms with Crippen molar-refractivity contribution in [1.82, 2.24) is 4.90 Å². The van der Waals surface area contributed by atoms with E-state index in [4.69, 9.17) is 5.73 Å². The Morgan fingerprint density at radius 2 is 2.18 bits per heavy atom. The van der Waals surface area contributed by atoms with Crippen LogP contribution in [-0.4, -0.2) is 41.4 Å². The van der Waals surface area contributed by atoms with E-state index >= 15 is 0 Å². The summed E-state index contributed by atoms with van der Waals surface area (Å²) in [6.07, 6.45) is 10.4. The average Bonchev–Trinajstić information content (AvgIpc) is 2.64. The summed E-state index contributed by atoms with van der Waals surface area (Å²) in [6, 6.07) is 0.0786. The molecule has 0 radical (unpaired) electrons. The number of hydrogen-bond acceptors (Lipinski definition) is 3. The molecule has 3 unspecified atom stereocenters. The van der Waals surface area contributed by atoms with Crippen molar-refractivity contribution in [3.05, 3.63) is 12.2 Å². The number of hydrogen-bond donors (Lipinski definition) is 1. The van der Waals surface area contributed by atoms with Crippen molar-refractivity contribution in [2.45, 2.75) is 37.0 Å². The van der Waals surface area contributed by atoms with Crippen molar-refractivity contribution in [2.24, 2.45) is 11.7 Å². The molecule has 1 heterocycles. The van der Waals surface area contributed by atoms with E-state index in [0.29, 0.717) is 0 Å². The van der Waals surface area contributed by atoms with Gasteiger partial charge in [-0.3, -0.25) is 4.79 Å². The quantitative estimate of drug-likeness (QED) is 0.762. The Morgan fingerprint density at radius 1 is 1.35 bits per heavy atom. The van der Waals surface area contributed by atoms with Gasteiger partial charge in [0.25, 0.3) is 0 Å². The maximum absolute atomic E-state index is 12.3. The molecule has 0 aromatic heterocycles. The summed E-state index contributed by atoms with van der Waals surface area (Å²) in [5.74, 6) is 0.326. The molecule has 1 aliphatic carbocycles. The first-order valence-electron chi connectivity index (χ1n) is 6.46. The van der Waals surface area contributed by atoms with E-state index < -0.39 is 0 Å². The zero-order valence-corrected chi connectivity index (χ0v) is 11.3. The molecule has 0 bridgehead atoms. The van der Waals surface area contributed by atoms with Crippen molar-refractivity contribution >= 4 is 17.7 Å². The standard InChI is InChI=1S/C13H22N2OS/c1-17-12-3-2-7-15(8-6-12)13(16)10-4-5-11(14)9-10/h4-5,10-12H,2-3,6-9,14H2,1H3. The lowest BCUT2D eigenvalue weighted by atomic mass is 10.1. The Hall–Kier alpha value is -0.480. The first kappa shape index (κ1) is 13.0. The number of thioether (sulfide) groups is 1. The van der Waals surface area contributed by atoms with Crippen LogP contribution in [0.5, 0.6) is 0 Å². The molecule has 4 heteroatoms. The minimum atomic E-state index is 0.0378. The van der Waals surface area contributed by atoms with Gasteiger partial charge in [0.05, 0.1) is 5.92 Å². The zero-order valence-electron chi connectivity index (χ0n) is 10.5. The normalized spacial score (nSPS) is 33.8. The second kappa shape index (κ2) is 5.91. The monoisotopic (exact) mass is 254 g/mol. The van der Waals surface area contributed by atoms with Crippen molar-refractivity contribution < 1.29 is 4.79 Å². The van der Waals surface area contributed by atoms with Crippen LogP contribution in [0.4, 0.5) is 0 Å². The zero-order chi connectivity index (χ0) is 12.3. The van der Waals surface area contributed by atoms with Crippen molar-refractivity contribution in [1.29, 1.82) is 0 Å². The molecule has 1 amide bonds. The first-order valence-corrected chi connectivity index (χ1v) is 7.75. The Morgan fingerprint density at radius 3 is 2.82 bits per heavy atom. The van der Waals surface area contributed by atoms with Gasteiger partial charge in [-0.05, 0) is 31.9 Å². The number of likely N-dealkylation sites (tertiary alicyclic amines) is 1. The van der Waals surface area contributed by atoms with Crippen LogP contribution < -0.4 is 5.73 Å². The summed E-state index contributed by atoms with van der Waals surface area (Å²) < 4.78 is 0. The molecule has 17 heavy (non-hydrogen) atoms. The maximum atomic E-state index is 12.3. The molecule has 0 saturated carbocycles. The minimum absolute atomic E-state index is 0.0378. The van der Waals surface area contributed by atoms with Crippen LogP contribution in [0.2, 0.25) is 0 Å². The lowest BCUT2D eigenvalue weighted by Gasteiger charge is -2.23. The van der Waals surface area contributed by atoms with Gasteiger partial charge in [0.1, 0.15) is 0 Å². The van der Waals surface area contributed by atoms with Crippen LogP contribution in [0.25, 0.3) is 0 Å². The fourth-order valence-corrected chi connectivity index (χ4v) is 3.41. The second-order valence-electron chi connectivity index (χ2n) is 5.00. The smallest absolute Gasteiger partial charge is 0.229 e. The Bertz CT molecular complexity index is 306. The van der Waals surface area contributed by atoms with E-state index in [1.54, 1.807) is 0 Å². The van der Waals surface area contributed by atoms with Crippen LogP contribution in [0.3, 0.4) is 0 Å². The first-order chi connectivity index (χ1) is 8.20. The number of carbonyl (C=O) groups is 1. The van der Waals surface area contributed by atoms with Crippen LogP contribution in [0.15, 0.2) is 12.2 Å². The third-order valence-corrected chi connectivity index (χ3v) is 4.89. The Labute approximate surface area is 108 Å². The molecule has 2 N–H and O–H groups in total. The topological polar surface area (TPSA) is 46.3 Å². The number of nitrogens with two attached hydrogens (primary N) is 1. The van der Waals surface area contributed by atoms with Gasteiger partial charge in [-0.1, -0.05) is 12.2 Å². The lowest BCUT2D eigenvalue weighted by Crippen LogP contribution is -2.36. The predicted octanol–water partition coefficient (Wildman–Crippen LogP) is 1.63. The molecule has 3 atom stereocenters. The van der Waals surface area contributed by atoms with Gasteiger partial charge in [0.15, 0.2) is 0 Å². The van der Waals surface area contributed by atoms with Crippen molar-refractivity contribution in [2.75, 3.05) is 19.3 Å². The molecular formula is C13H22N2OS. The molecule has 96 valence electrons. The van der Waals surface area contributed by atoms with Gasteiger partial charge in [0, 0.05) is 24.4 Å². The molecule has 0 spiro atoms. The molecule has 1 saturated heterocycles. The number of nitrogens with zero attached hydrogens (tertiary/aromatic N) is 1. The van der Waals surface area contributed by atoms with Gasteiger partial charge in [-0.2, -0.15) is 11.8 Å². The number of rotatable bonds is 2. The van der Waals surface area contributed by atoms with Gasteiger partial charge in [-0.15, -0.1) is 0 Å². The van der Waals surface area contributed by atoms with E-state index in [2.05, 4.69) is 6.26 Å². The highest BCUT2D eigenvalue weighted by molar-refractivity contribution is 7.99. The number of carbonyl (C=O) groups excluding carboxylic acids is 1. The SMILES string of the molecule is CSC1CCCN(C(=O)C2C=CC(N)C2)CC1. The van der Waals surface area contributed by atoms with Gasteiger partial charge in [-0.25, -0.2) is 0 Å². The van der Waals surface area contributed by atoms with Gasteiger partial charge >= 0.3 is 0 Å². The van der Waals surface area contributed by atoms with E-state index in [9.17, 15) is 4.79 Å². The predicted molar refractivity (Wildman–Crippen MR) is 73.0 cm³/mol. The molecule has 1 aliphatic heterocycles. The average molecular weight is 254 g/mol. The number of amides is 1. The van der Waals surface area contributed by atoms with E-state index in [1.165, 1.54) is 6.42 Å². The highest BCUT2D eigenvalue weighted by atomic mass is 32.2. The molecular weight excluding hydrogens is 232 g/mol. The Kier molecular flexibility index (Phi) is 4.51. The largest absolute Gasteiger partial charge is 0.342 e. The van der Waals surface area contributed by atoms with Crippen LogP contribution >= 0.6 is 11.8 Å². The molecule has 0 aromatic rings. The highest BCUT2D eigenvalue weighted by Gasteiger charge is 2.28. The molecule has 2 aliphatic rings. The molecule has 0 aromatic carbocycles. The second-order valence-corrected chi connectivity index (χ2v) is 6.14. The van der Waals surface area contributed by atoms with Crippen molar-refractivity contribution in [3.63, 3.8) is 0 Å². The van der Waals surface area contributed by atoms with E-state index in [-0.39, 0.29) is 17.9 Å². The third-order valence-electron chi connectivity index (χ3n) is 3.75. The van der Waals surface area contributed by atoms with Crippen LogP contribution in [0, 0.1) is 5.92 Å². The fourth-order valence-electron chi connectivity index (χ4n) is 2.67. The van der Waals surface area contributed by atoms with Crippen LogP contribution in [0.1, 0.15) is 25.7 Å². The van der Waals surface area contributed by atoms with Crippen molar-refractivity contribution in [3.8, 4) is 0 Å². The third kappa shape index (κ3) is 3.26. The molecule has 1 fully saturated rings. The molecule has 3 nitrogen and oxygen atoms in total.